The molecule has 1 aromatic carbocycles. The van der Waals surface area contributed by atoms with E-state index in [-0.39, 0.29) is 11.7 Å². The summed E-state index contributed by atoms with van der Waals surface area (Å²) in [6, 6.07) is 7.72. The number of imidazole rings is 1. The zero-order valence-corrected chi connectivity index (χ0v) is 14.8. The molecule has 1 saturated heterocycles. The first-order valence-electron chi connectivity index (χ1n) is 9.17. The van der Waals surface area contributed by atoms with Crippen LogP contribution >= 0.6 is 0 Å². The van der Waals surface area contributed by atoms with Crippen LogP contribution in [0.15, 0.2) is 23.0 Å². The van der Waals surface area contributed by atoms with Crippen molar-refractivity contribution in [2.24, 2.45) is 0 Å². The largest absolute Gasteiger partial charge is 0.381 e. The average Bonchev–Trinajstić information content (AvgIpc) is 2.97. The second kappa shape index (κ2) is 8.32. The van der Waals surface area contributed by atoms with E-state index in [4.69, 9.17) is 10.00 Å². The minimum atomic E-state index is -0.0727. The second-order valence-corrected chi connectivity index (χ2v) is 6.68. The Morgan fingerprint density at radius 1 is 1.32 bits per heavy atom. The Balaban J connectivity index is 1.61. The van der Waals surface area contributed by atoms with E-state index in [1.165, 1.54) is 0 Å². The van der Waals surface area contributed by atoms with Crippen LogP contribution in [0.5, 0.6) is 0 Å². The molecule has 2 aromatic rings. The van der Waals surface area contributed by atoms with E-state index in [2.05, 4.69) is 22.9 Å². The Kier molecular flexibility index (Phi) is 5.90. The average molecular weight is 342 g/mol. The number of benzene rings is 1. The summed E-state index contributed by atoms with van der Waals surface area (Å²) in [6.45, 7) is 6.84. The van der Waals surface area contributed by atoms with E-state index in [0.29, 0.717) is 5.56 Å². The zero-order valence-electron chi connectivity index (χ0n) is 14.8. The Morgan fingerprint density at radius 3 is 2.84 bits per heavy atom. The highest BCUT2D eigenvalue weighted by molar-refractivity contribution is 5.77. The second-order valence-electron chi connectivity index (χ2n) is 6.68. The first-order chi connectivity index (χ1) is 12.2. The number of aromatic nitrogens is 2. The molecule has 0 amide bonds. The number of hydrogen-bond acceptors (Lipinski definition) is 4. The highest BCUT2D eigenvalue weighted by atomic mass is 16.5. The summed E-state index contributed by atoms with van der Waals surface area (Å²) < 4.78 is 7.38. The predicted octanol–water partition coefficient (Wildman–Crippen LogP) is 2.65. The summed E-state index contributed by atoms with van der Waals surface area (Å²) in [6.07, 6.45) is 4.04. The third-order valence-corrected chi connectivity index (χ3v) is 4.88. The standard InChI is InChI=1S/C19H26N4O2/c1-2-11-25-12-3-8-22-9-6-16(7-10-22)23-18-13-15(14-20)4-5-17(18)21-19(23)24/h4-5,13,16H,2-3,6-12H2,1H3,(H,21,24). The number of rotatable bonds is 7. The third kappa shape index (κ3) is 4.12. The molecule has 0 bridgehead atoms. The minimum Gasteiger partial charge on any atom is -0.381 e. The molecule has 1 aliphatic rings. The van der Waals surface area contributed by atoms with Gasteiger partial charge in [0, 0.05) is 38.9 Å². The first kappa shape index (κ1) is 17.7. The number of ether oxygens (including phenoxy) is 1. The molecule has 1 aromatic heterocycles. The lowest BCUT2D eigenvalue weighted by molar-refractivity contribution is 0.112. The molecule has 25 heavy (non-hydrogen) atoms. The van der Waals surface area contributed by atoms with Crippen molar-refractivity contribution >= 4 is 11.0 Å². The van der Waals surface area contributed by atoms with Crippen LogP contribution in [0.3, 0.4) is 0 Å². The van der Waals surface area contributed by atoms with E-state index < -0.39 is 0 Å². The van der Waals surface area contributed by atoms with Gasteiger partial charge in [0.1, 0.15) is 0 Å². The van der Waals surface area contributed by atoms with Crippen LogP contribution in [-0.2, 0) is 4.74 Å². The molecule has 2 heterocycles. The lowest BCUT2D eigenvalue weighted by Crippen LogP contribution is -2.37. The van der Waals surface area contributed by atoms with Gasteiger partial charge in [0.15, 0.2) is 0 Å². The van der Waals surface area contributed by atoms with Gasteiger partial charge >= 0.3 is 5.69 Å². The van der Waals surface area contributed by atoms with Crippen LogP contribution in [-0.4, -0.2) is 47.3 Å². The van der Waals surface area contributed by atoms with Gasteiger partial charge in [-0.3, -0.25) is 4.57 Å². The van der Waals surface area contributed by atoms with Crippen molar-refractivity contribution in [3.63, 3.8) is 0 Å². The highest BCUT2D eigenvalue weighted by Crippen LogP contribution is 2.25. The van der Waals surface area contributed by atoms with Crippen molar-refractivity contribution in [1.82, 2.24) is 14.5 Å². The van der Waals surface area contributed by atoms with E-state index in [0.717, 1.165) is 69.6 Å². The van der Waals surface area contributed by atoms with Crippen LogP contribution < -0.4 is 5.69 Å². The van der Waals surface area contributed by atoms with Gasteiger partial charge in [0.05, 0.1) is 22.7 Å². The molecule has 0 unspecified atom stereocenters. The van der Waals surface area contributed by atoms with E-state index in [1.807, 2.05) is 16.7 Å². The fourth-order valence-electron chi connectivity index (χ4n) is 3.59. The number of piperidine rings is 1. The SMILES string of the molecule is CCCOCCCN1CCC(n2c(=O)[nH]c3ccc(C#N)cc32)CC1. The van der Waals surface area contributed by atoms with E-state index in [1.54, 1.807) is 6.07 Å². The van der Waals surface area contributed by atoms with E-state index >= 15 is 0 Å². The van der Waals surface area contributed by atoms with Crippen molar-refractivity contribution in [2.45, 2.75) is 38.6 Å². The Hall–Kier alpha value is -2.10. The number of likely N-dealkylation sites (tertiary alicyclic amines) is 1. The van der Waals surface area contributed by atoms with Crippen molar-refractivity contribution in [2.75, 3.05) is 32.8 Å². The maximum absolute atomic E-state index is 12.4. The molecule has 0 saturated carbocycles. The van der Waals surface area contributed by atoms with Gasteiger partial charge in [0.2, 0.25) is 0 Å². The van der Waals surface area contributed by atoms with Gasteiger partial charge in [-0.05, 0) is 43.9 Å². The maximum Gasteiger partial charge on any atom is 0.326 e. The Morgan fingerprint density at radius 2 is 2.12 bits per heavy atom. The molecule has 0 aliphatic carbocycles. The molecule has 3 rings (SSSR count). The topological polar surface area (TPSA) is 74.0 Å². The van der Waals surface area contributed by atoms with Gasteiger partial charge in [-0.25, -0.2) is 4.79 Å². The number of nitrogens with zero attached hydrogens (tertiary/aromatic N) is 3. The Labute approximate surface area is 148 Å². The molecule has 1 aliphatic heterocycles. The molecule has 0 spiro atoms. The number of nitrogens with one attached hydrogen (secondary N) is 1. The number of aromatic amines is 1. The molecule has 0 atom stereocenters. The molecule has 6 heteroatoms. The number of nitriles is 1. The van der Waals surface area contributed by atoms with Crippen molar-refractivity contribution in [3.05, 3.63) is 34.2 Å². The molecule has 0 radical (unpaired) electrons. The van der Waals surface area contributed by atoms with Gasteiger partial charge in [0.25, 0.3) is 0 Å². The summed E-state index contributed by atoms with van der Waals surface area (Å²) in [4.78, 5) is 17.7. The summed E-state index contributed by atoms with van der Waals surface area (Å²) in [5, 5.41) is 9.11. The maximum atomic E-state index is 12.4. The Bertz CT molecular complexity index is 794. The smallest absolute Gasteiger partial charge is 0.326 e. The van der Waals surface area contributed by atoms with Crippen LogP contribution in [0.25, 0.3) is 11.0 Å². The quantitative estimate of drug-likeness (QED) is 0.785. The van der Waals surface area contributed by atoms with Crippen LogP contribution in [0.2, 0.25) is 0 Å². The minimum absolute atomic E-state index is 0.0727. The van der Waals surface area contributed by atoms with Crippen molar-refractivity contribution in [1.29, 1.82) is 5.26 Å². The predicted molar refractivity (Wildman–Crippen MR) is 97.7 cm³/mol. The molecule has 134 valence electrons. The molecular formula is C19H26N4O2. The fraction of sp³-hybridized carbons (Fsp3) is 0.579. The molecule has 1 fully saturated rings. The van der Waals surface area contributed by atoms with Gasteiger partial charge in [-0.2, -0.15) is 5.26 Å². The number of fused-ring (bicyclic) bond motifs is 1. The monoisotopic (exact) mass is 342 g/mol. The van der Waals surface area contributed by atoms with Gasteiger partial charge in [-0.15, -0.1) is 0 Å². The first-order valence-corrected chi connectivity index (χ1v) is 9.17. The summed E-state index contributed by atoms with van der Waals surface area (Å²) in [5.41, 5.74) is 2.16. The highest BCUT2D eigenvalue weighted by Gasteiger charge is 2.23. The number of hydrogen-bond donors (Lipinski definition) is 1. The lowest BCUT2D eigenvalue weighted by Gasteiger charge is -2.32. The third-order valence-electron chi connectivity index (χ3n) is 4.88. The summed E-state index contributed by atoms with van der Waals surface area (Å²) in [7, 11) is 0. The van der Waals surface area contributed by atoms with E-state index in [9.17, 15) is 4.79 Å². The zero-order chi connectivity index (χ0) is 17.6. The molecular weight excluding hydrogens is 316 g/mol. The lowest BCUT2D eigenvalue weighted by atomic mass is 10.0. The number of H-pyrrole nitrogens is 1. The fourth-order valence-corrected chi connectivity index (χ4v) is 3.59. The summed E-state index contributed by atoms with van der Waals surface area (Å²) >= 11 is 0. The normalized spacial score (nSPS) is 16.3. The summed E-state index contributed by atoms with van der Waals surface area (Å²) in [5.74, 6) is 0. The van der Waals surface area contributed by atoms with Crippen molar-refractivity contribution < 1.29 is 4.74 Å². The molecule has 1 N–H and O–H groups in total. The van der Waals surface area contributed by atoms with Gasteiger partial charge in [-0.1, -0.05) is 6.92 Å². The van der Waals surface area contributed by atoms with Crippen LogP contribution in [0, 0.1) is 11.3 Å². The van der Waals surface area contributed by atoms with Crippen molar-refractivity contribution in [3.8, 4) is 6.07 Å². The van der Waals surface area contributed by atoms with Crippen LogP contribution in [0.1, 0.15) is 44.2 Å². The van der Waals surface area contributed by atoms with Crippen LogP contribution in [0.4, 0.5) is 0 Å². The molecule has 6 nitrogen and oxygen atoms in total. The van der Waals surface area contributed by atoms with Gasteiger partial charge < -0.3 is 14.6 Å².